The molecule has 17 nitrogen and oxygen atoms in total. The molecule has 0 spiro atoms. The molecule has 1 aliphatic rings. The van der Waals surface area contributed by atoms with Gasteiger partial charge in [-0.3, -0.25) is 43.2 Å². The third-order valence-electron chi connectivity index (χ3n) is 17.7. The van der Waals surface area contributed by atoms with Crippen LogP contribution in [0.4, 0.5) is 0 Å². The monoisotopic (exact) mass is 1270 g/mol. The summed E-state index contributed by atoms with van der Waals surface area (Å²) in [5, 5.41) is 26.9. The Hall–Kier alpha value is -7.21. The highest BCUT2D eigenvalue weighted by atomic mass is 16.4. The maximum absolute atomic E-state index is 14.9. The summed E-state index contributed by atoms with van der Waals surface area (Å²) in [4.78, 5) is 131. The summed E-state index contributed by atoms with van der Waals surface area (Å²) in [7, 11) is 0. The van der Waals surface area contributed by atoms with E-state index in [9.17, 15) is 48.3 Å². The molecule has 8 N–H and O–H groups in total. The van der Waals surface area contributed by atoms with Gasteiger partial charge < -0.3 is 42.3 Å². The number of aliphatic carboxylic acids is 1. The van der Waals surface area contributed by atoms with Gasteiger partial charge in [0, 0.05) is 74.5 Å². The molecule has 5 rings (SSSR count). The number of carbonyl (C=O) groups excluding carboxylic acids is 8. The quantitative estimate of drug-likeness (QED) is 0.0204. The summed E-state index contributed by atoms with van der Waals surface area (Å²) in [5.74, 6) is -7.16. The molecule has 4 aromatic carbocycles. The average molecular weight is 1270 g/mol. The number of ketones is 4. The minimum Gasteiger partial charge on any atom is -0.481 e. The molecule has 0 bridgehead atoms. The van der Waals surface area contributed by atoms with Crippen molar-refractivity contribution in [3.05, 3.63) is 144 Å². The van der Waals surface area contributed by atoms with E-state index in [1.54, 1.807) is 4.90 Å². The van der Waals surface area contributed by atoms with Gasteiger partial charge in [0.05, 0.1) is 29.6 Å². The van der Waals surface area contributed by atoms with Crippen molar-refractivity contribution in [1.82, 2.24) is 31.5 Å². The molecule has 1 saturated heterocycles. The molecule has 1 aliphatic heterocycles. The Morgan fingerprint density at radius 3 is 1.39 bits per heavy atom. The third kappa shape index (κ3) is 26.1. The molecule has 0 unspecified atom stereocenters. The summed E-state index contributed by atoms with van der Waals surface area (Å²) in [5.41, 5.74) is 8.44. The molecular weight excluding hydrogens is 1160 g/mol. The molecule has 17 heteroatoms. The van der Waals surface area contributed by atoms with Gasteiger partial charge >= 0.3 is 5.97 Å². The van der Waals surface area contributed by atoms with E-state index in [0.717, 1.165) is 22.3 Å². The predicted octanol–water partition coefficient (Wildman–Crippen LogP) is 9.40. The minimum atomic E-state index is -1.58. The van der Waals surface area contributed by atoms with Crippen LogP contribution in [0.1, 0.15) is 162 Å². The molecule has 1 heterocycles. The van der Waals surface area contributed by atoms with Crippen molar-refractivity contribution in [1.29, 1.82) is 0 Å². The number of rotatable bonds is 42. The standard InChI is InChI=1S/C75H107N7O10/c1-50(2)40-60(48-68(85)65(45-58-30-20-13-21-31-58)80-70(87)54(9)42-55-24-14-10-15-25-55)71(88)79-63(33-23-37-78-53(7)8)69(86)49-75(74(91)92)34-38-82(39-35-75)73(90)59(32-22-36-77-52(5)6)46-67(84)64(41-51(3)4)81-72(89)61(43-56-26-16-11-17-27-56)47-66(83)62(76)44-57-28-18-12-19-29-57/h10-21,24-31,50-54,59-65,77-78H,22-23,32-49,76H2,1-9H3,(H,79,88)(H,80,87)(H,81,89)(H,91,92)/t54-,59+,60+,61+,62-,63-,64-,65-/m1/s1. The summed E-state index contributed by atoms with van der Waals surface area (Å²) in [6, 6.07) is 34.3. The Bertz CT molecular complexity index is 2950. The maximum atomic E-state index is 14.9. The summed E-state index contributed by atoms with van der Waals surface area (Å²) in [6.07, 6.45) is 2.34. The smallest absolute Gasteiger partial charge is 0.310 e. The van der Waals surface area contributed by atoms with Crippen molar-refractivity contribution in [3.63, 3.8) is 0 Å². The zero-order valence-electron chi connectivity index (χ0n) is 56.3. The van der Waals surface area contributed by atoms with Crippen molar-refractivity contribution in [2.45, 2.75) is 201 Å². The lowest BCUT2D eigenvalue weighted by atomic mass is 9.73. The Morgan fingerprint density at radius 2 is 0.891 bits per heavy atom. The SMILES string of the molecule is CC(C)C[C@@H](CC(=O)[C@@H](Cc1ccccc1)NC(=O)[C@H](C)Cc1ccccc1)C(=O)N[C@H](CCCNC(C)C)C(=O)CC1(C(=O)O)CCN(C(=O)[C@@H](CCCNC(C)C)CC(=O)[C@@H](CC(C)C)NC(=O)[C@H](CC(=O)[C@H](N)Cc2ccccc2)Cc2ccccc2)CC1. The minimum absolute atomic E-state index is 0.000732. The highest BCUT2D eigenvalue weighted by Gasteiger charge is 2.46. The van der Waals surface area contributed by atoms with E-state index in [4.69, 9.17) is 5.73 Å². The van der Waals surface area contributed by atoms with Gasteiger partial charge in [-0.1, -0.05) is 184 Å². The van der Waals surface area contributed by atoms with Gasteiger partial charge in [0.2, 0.25) is 23.6 Å². The van der Waals surface area contributed by atoms with Crippen LogP contribution in [0.15, 0.2) is 121 Å². The van der Waals surface area contributed by atoms with E-state index in [-0.39, 0.29) is 124 Å². The van der Waals surface area contributed by atoms with Crippen LogP contribution >= 0.6 is 0 Å². The Labute approximate surface area is 547 Å². The molecule has 4 aromatic rings. The fourth-order valence-electron chi connectivity index (χ4n) is 12.3. The zero-order valence-corrected chi connectivity index (χ0v) is 56.3. The molecule has 0 aromatic heterocycles. The van der Waals surface area contributed by atoms with Crippen molar-refractivity contribution in [3.8, 4) is 0 Å². The third-order valence-corrected chi connectivity index (χ3v) is 17.7. The first-order valence-electron chi connectivity index (χ1n) is 33.7. The predicted molar refractivity (Wildman–Crippen MR) is 362 cm³/mol. The number of likely N-dealkylation sites (tertiary alicyclic amines) is 1. The first-order chi connectivity index (χ1) is 43.8. The van der Waals surface area contributed by atoms with Crippen LogP contribution in [0.25, 0.3) is 0 Å². The lowest BCUT2D eigenvalue weighted by Crippen LogP contribution is -2.52. The van der Waals surface area contributed by atoms with Crippen LogP contribution in [-0.2, 0) is 68.8 Å². The van der Waals surface area contributed by atoms with Crippen LogP contribution in [0.2, 0.25) is 0 Å². The van der Waals surface area contributed by atoms with Crippen molar-refractivity contribution in [2.24, 2.45) is 46.7 Å². The molecule has 1 fully saturated rings. The Balaban J connectivity index is 1.33. The molecule has 502 valence electrons. The normalized spacial score (nSPS) is 15.8. The van der Waals surface area contributed by atoms with E-state index in [1.807, 2.05) is 184 Å². The highest BCUT2D eigenvalue weighted by molar-refractivity contribution is 5.97. The molecule has 0 aliphatic carbocycles. The van der Waals surface area contributed by atoms with Gasteiger partial charge in [-0.15, -0.1) is 0 Å². The van der Waals surface area contributed by atoms with Crippen LogP contribution in [-0.4, -0.2) is 125 Å². The Morgan fingerprint density at radius 1 is 0.467 bits per heavy atom. The second-order valence-corrected chi connectivity index (χ2v) is 27.4. The second kappa shape index (κ2) is 38.7. The lowest BCUT2D eigenvalue weighted by Gasteiger charge is -2.40. The van der Waals surface area contributed by atoms with Gasteiger partial charge in [0.15, 0.2) is 23.1 Å². The number of carboxylic acids is 1. The average Bonchev–Trinajstić information content (AvgIpc) is 0.863. The van der Waals surface area contributed by atoms with Crippen LogP contribution < -0.4 is 32.3 Å². The molecule has 0 saturated carbocycles. The van der Waals surface area contributed by atoms with Crippen molar-refractivity contribution < 1.29 is 48.3 Å². The van der Waals surface area contributed by atoms with Gasteiger partial charge in [-0.2, -0.15) is 0 Å². The topological polar surface area (TPSA) is 263 Å². The maximum Gasteiger partial charge on any atom is 0.310 e. The number of nitrogens with one attached hydrogen (secondary N) is 5. The number of piperidine rings is 1. The number of nitrogens with two attached hydrogens (primary N) is 1. The number of hydrogen-bond donors (Lipinski definition) is 7. The van der Waals surface area contributed by atoms with E-state index < -0.39 is 83.2 Å². The molecule has 8 atom stereocenters. The first-order valence-corrected chi connectivity index (χ1v) is 33.7. The Kier molecular flexibility index (Phi) is 31.8. The van der Waals surface area contributed by atoms with Crippen molar-refractivity contribution in [2.75, 3.05) is 26.2 Å². The number of nitrogens with zero attached hydrogens (tertiary/aromatic N) is 1. The molecule has 0 radical (unpaired) electrons. The highest BCUT2D eigenvalue weighted by Crippen LogP contribution is 2.38. The molecule has 4 amide bonds. The van der Waals surface area contributed by atoms with E-state index in [1.165, 1.54) is 0 Å². The molecular formula is C75H107N7O10. The van der Waals surface area contributed by atoms with Crippen LogP contribution in [0.3, 0.4) is 0 Å². The number of Topliss-reactive ketones (excluding diaryl/α,β-unsaturated/α-hetero) is 4. The van der Waals surface area contributed by atoms with E-state index in [2.05, 4.69) is 26.6 Å². The van der Waals surface area contributed by atoms with Crippen LogP contribution in [0.5, 0.6) is 0 Å². The number of hydrogen-bond acceptors (Lipinski definition) is 12. The second-order valence-electron chi connectivity index (χ2n) is 27.4. The zero-order chi connectivity index (χ0) is 67.3. The summed E-state index contributed by atoms with van der Waals surface area (Å²) < 4.78 is 0. The van der Waals surface area contributed by atoms with Crippen molar-refractivity contribution >= 4 is 52.7 Å². The van der Waals surface area contributed by atoms with Gasteiger partial charge in [-0.05, 0) is 124 Å². The fourth-order valence-corrected chi connectivity index (χ4v) is 12.3. The van der Waals surface area contributed by atoms with Gasteiger partial charge in [-0.25, -0.2) is 0 Å². The number of carboxylic acid groups (broad SMARTS) is 1. The summed E-state index contributed by atoms with van der Waals surface area (Å²) in [6.45, 7) is 18.7. The van der Waals surface area contributed by atoms with Gasteiger partial charge in [0.1, 0.15) is 0 Å². The fraction of sp³-hybridized carbons (Fsp3) is 0.560. The van der Waals surface area contributed by atoms with Crippen LogP contribution in [0, 0.1) is 40.9 Å². The first kappa shape index (κ1) is 75.5. The number of carbonyl (C=O) groups is 9. The van der Waals surface area contributed by atoms with E-state index >= 15 is 0 Å². The largest absolute Gasteiger partial charge is 0.481 e. The number of amides is 4. The summed E-state index contributed by atoms with van der Waals surface area (Å²) >= 11 is 0. The molecule has 92 heavy (non-hydrogen) atoms. The lowest BCUT2D eigenvalue weighted by molar-refractivity contribution is -0.158. The number of benzene rings is 4. The van der Waals surface area contributed by atoms with Gasteiger partial charge in [0.25, 0.3) is 0 Å². The van der Waals surface area contributed by atoms with E-state index in [0.29, 0.717) is 51.6 Å².